The van der Waals surface area contributed by atoms with Crippen molar-refractivity contribution in [3.8, 4) is 0 Å². The number of hydrogen-bond acceptors (Lipinski definition) is 4. The zero-order valence-corrected chi connectivity index (χ0v) is 17.1. The van der Waals surface area contributed by atoms with Gasteiger partial charge in [0, 0.05) is 23.5 Å². The van der Waals surface area contributed by atoms with E-state index >= 15 is 0 Å². The van der Waals surface area contributed by atoms with E-state index in [0.717, 1.165) is 10.9 Å². The van der Waals surface area contributed by atoms with Crippen LogP contribution in [0.15, 0.2) is 79.0 Å². The molecule has 0 fully saturated rings. The van der Waals surface area contributed by atoms with Crippen molar-refractivity contribution < 1.29 is 19.8 Å². The van der Waals surface area contributed by atoms with Gasteiger partial charge in [-0.2, -0.15) is 0 Å². The number of H-pyrrole nitrogens is 1. The molecule has 0 aliphatic heterocycles. The van der Waals surface area contributed by atoms with Crippen LogP contribution in [-0.2, 0) is 16.0 Å². The summed E-state index contributed by atoms with van der Waals surface area (Å²) in [6, 6.07) is 23.1. The fourth-order valence-corrected chi connectivity index (χ4v) is 3.35. The second-order valence-corrected chi connectivity index (χ2v) is 7.36. The molecule has 31 heavy (non-hydrogen) atoms. The van der Waals surface area contributed by atoms with Crippen molar-refractivity contribution in [3.63, 3.8) is 0 Å². The Morgan fingerprint density at radius 1 is 0.968 bits per heavy atom. The second kappa shape index (κ2) is 9.42. The standard InChI is InChI=1S/C14H17N3O4.C10H8/c1-8(12(18)19)17-14(15,13(20)21)6-9-7-16-11-5-3-2-4-10(9)11;1-2-6-10-8-4-3-7-9(10)5-1/h2-5,7-8,16-17H,6,15H2,1H3,(H,18,19)(H,20,21);1-8H. The van der Waals surface area contributed by atoms with Crippen molar-refractivity contribution in [2.75, 3.05) is 0 Å². The van der Waals surface area contributed by atoms with Gasteiger partial charge in [0.05, 0.1) is 0 Å². The molecule has 3 aromatic carbocycles. The number of rotatable bonds is 6. The average Bonchev–Trinajstić information content (AvgIpc) is 3.16. The summed E-state index contributed by atoms with van der Waals surface area (Å²) in [5.41, 5.74) is 5.59. The Bertz CT molecular complexity index is 1140. The molecule has 7 nitrogen and oxygen atoms in total. The third-order valence-electron chi connectivity index (χ3n) is 5.03. The van der Waals surface area contributed by atoms with Crippen molar-refractivity contribution in [1.29, 1.82) is 0 Å². The molecule has 0 saturated heterocycles. The van der Waals surface area contributed by atoms with Crippen LogP contribution in [0.4, 0.5) is 0 Å². The first-order valence-electron chi connectivity index (χ1n) is 9.82. The Balaban J connectivity index is 0.000000225. The van der Waals surface area contributed by atoms with Crippen LogP contribution in [0.1, 0.15) is 12.5 Å². The molecular formula is C24H25N3O4. The Morgan fingerprint density at radius 3 is 2.00 bits per heavy atom. The number of carboxylic acids is 2. The maximum atomic E-state index is 11.5. The normalized spacial score (nSPS) is 13.7. The van der Waals surface area contributed by atoms with Gasteiger partial charge in [0.25, 0.3) is 0 Å². The number of nitrogens with two attached hydrogens (primary N) is 1. The van der Waals surface area contributed by atoms with E-state index < -0.39 is 23.6 Å². The third-order valence-corrected chi connectivity index (χ3v) is 5.03. The van der Waals surface area contributed by atoms with Gasteiger partial charge in [-0.25, -0.2) is 4.79 Å². The number of aromatic nitrogens is 1. The average molecular weight is 419 g/mol. The Kier molecular flexibility index (Phi) is 6.69. The topological polar surface area (TPSA) is 128 Å². The quantitative estimate of drug-likeness (QED) is 0.305. The van der Waals surface area contributed by atoms with Crippen molar-refractivity contribution in [2.24, 2.45) is 5.73 Å². The first kappa shape index (κ1) is 22.0. The molecule has 0 aliphatic rings. The minimum Gasteiger partial charge on any atom is -0.480 e. The molecule has 0 spiro atoms. The van der Waals surface area contributed by atoms with Crippen LogP contribution in [0.25, 0.3) is 21.7 Å². The molecule has 1 aromatic heterocycles. The van der Waals surface area contributed by atoms with Crippen molar-refractivity contribution in [3.05, 3.63) is 84.6 Å². The second-order valence-electron chi connectivity index (χ2n) is 7.36. The molecule has 0 bridgehead atoms. The van der Waals surface area contributed by atoms with E-state index in [1.165, 1.54) is 17.7 Å². The monoisotopic (exact) mass is 419 g/mol. The van der Waals surface area contributed by atoms with E-state index in [2.05, 4.69) is 58.8 Å². The van der Waals surface area contributed by atoms with Crippen molar-refractivity contribution >= 4 is 33.6 Å². The first-order valence-corrected chi connectivity index (χ1v) is 9.82. The van der Waals surface area contributed by atoms with Crippen LogP contribution in [0.2, 0.25) is 0 Å². The number of fused-ring (bicyclic) bond motifs is 2. The molecule has 6 N–H and O–H groups in total. The van der Waals surface area contributed by atoms with Gasteiger partial charge in [-0.1, -0.05) is 66.7 Å². The summed E-state index contributed by atoms with van der Waals surface area (Å²) in [5.74, 6) is -2.47. The lowest BCUT2D eigenvalue weighted by Gasteiger charge is -2.28. The fraction of sp³-hybridized carbons (Fsp3) is 0.167. The summed E-state index contributed by atoms with van der Waals surface area (Å²) in [5, 5.41) is 24.2. The van der Waals surface area contributed by atoms with E-state index in [-0.39, 0.29) is 6.42 Å². The van der Waals surface area contributed by atoms with E-state index in [0.29, 0.717) is 5.56 Å². The van der Waals surface area contributed by atoms with Gasteiger partial charge in [0.15, 0.2) is 5.66 Å². The van der Waals surface area contributed by atoms with E-state index in [9.17, 15) is 14.7 Å². The molecule has 7 heteroatoms. The molecule has 160 valence electrons. The molecule has 0 amide bonds. The van der Waals surface area contributed by atoms with Gasteiger partial charge in [0.1, 0.15) is 6.04 Å². The zero-order chi connectivity index (χ0) is 22.4. The molecule has 4 rings (SSSR count). The highest BCUT2D eigenvalue weighted by atomic mass is 16.4. The number of benzene rings is 3. The largest absolute Gasteiger partial charge is 0.480 e. The van der Waals surface area contributed by atoms with E-state index in [1.54, 1.807) is 6.20 Å². The fourth-order valence-electron chi connectivity index (χ4n) is 3.35. The SMILES string of the molecule is CC(NC(N)(Cc1c[nH]c2ccccc12)C(=O)O)C(=O)O.c1ccc2ccccc2c1. The number of para-hydroxylation sites is 1. The summed E-state index contributed by atoms with van der Waals surface area (Å²) in [6.07, 6.45) is 1.65. The molecule has 0 saturated carbocycles. The molecule has 0 aliphatic carbocycles. The minimum absolute atomic E-state index is 0.0377. The number of aliphatic carboxylic acids is 2. The summed E-state index contributed by atoms with van der Waals surface area (Å²) in [4.78, 5) is 25.4. The predicted molar refractivity (Wildman–Crippen MR) is 121 cm³/mol. The Labute approximate surface area is 179 Å². The summed E-state index contributed by atoms with van der Waals surface area (Å²) < 4.78 is 0. The third kappa shape index (κ3) is 5.28. The van der Waals surface area contributed by atoms with Gasteiger partial charge in [-0.15, -0.1) is 0 Å². The summed E-state index contributed by atoms with van der Waals surface area (Å²) in [7, 11) is 0. The van der Waals surface area contributed by atoms with Gasteiger partial charge >= 0.3 is 11.9 Å². The smallest absolute Gasteiger partial charge is 0.339 e. The van der Waals surface area contributed by atoms with Crippen LogP contribution in [-0.4, -0.2) is 38.8 Å². The van der Waals surface area contributed by atoms with Crippen LogP contribution in [0.5, 0.6) is 0 Å². The van der Waals surface area contributed by atoms with Crippen molar-refractivity contribution in [1.82, 2.24) is 10.3 Å². The number of nitrogens with one attached hydrogen (secondary N) is 2. The molecule has 2 atom stereocenters. The lowest BCUT2D eigenvalue weighted by atomic mass is 9.99. The zero-order valence-electron chi connectivity index (χ0n) is 17.1. The van der Waals surface area contributed by atoms with Gasteiger partial charge in [0.2, 0.25) is 0 Å². The molecule has 2 unspecified atom stereocenters. The van der Waals surface area contributed by atoms with Gasteiger partial charge in [-0.3, -0.25) is 10.1 Å². The van der Waals surface area contributed by atoms with E-state index in [1.807, 2.05) is 24.3 Å². The highest BCUT2D eigenvalue weighted by molar-refractivity contribution is 5.86. The van der Waals surface area contributed by atoms with Crippen molar-refractivity contribution in [2.45, 2.75) is 25.0 Å². The molecule has 4 aromatic rings. The molecule has 1 heterocycles. The number of carboxylic acid groups (broad SMARTS) is 2. The molecular weight excluding hydrogens is 394 g/mol. The Hall–Kier alpha value is -3.68. The number of hydrogen-bond donors (Lipinski definition) is 5. The van der Waals surface area contributed by atoms with Gasteiger partial charge < -0.3 is 20.9 Å². The summed E-state index contributed by atoms with van der Waals surface area (Å²) >= 11 is 0. The summed E-state index contributed by atoms with van der Waals surface area (Å²) in [6.45, 7) is 1.35. The first-order chi connectivity index (χ1) is 14.8. The highest BCUT2D eigenvalue weighted by Crippen LogP contribution is 2.21. The lowest BCUT2D eigenvalue weighted by Crippen LogP contribution is -2.64. The maximum absolute atomic E-state index is 11.5. The van der Waals surface area contributed by atoms with Crippen LogP contribution < -0.4 is 11.1 Å². The van der Waals surface area contributed by atoms with Gasteiger partial charge in [-0.05, 0) is 29.3 Å². The van der Waals surface area contributed by atoms with Crippen LogP contribution in [0, 0.1) is 0 Å². The van der Waals surface area contributed by atoms with Crippen LogP contribution >= 0.6 is 0 Å². The molecule has 0 radical (unpaired) electrons. The number of carbonyl (C=O) groups is 2. The number of aromatic amines is 1. The lowest BCUT2D eigenvalue weighted by molar-refractivity contribution is -0.147. The van der Waals surface area contributed by atoms with E-state index in [4.69, 9.17) is 10.8 Å². The Morgan fingerprint density at radius 2 is 1.48 bits per heavy atom. The van der Waals surface area contributed by atoms with Crippen LogP contribution in [0.3, 0.4) is 0 Å². The maximum Gasteiger partial charge on any atom is 0.339 e. The minimum atomic E-state index is -1.86. The highest BCUT2D eigenvalue weighted by Gasteiger charge is 2.37. The predicted octanol–water partition coefficient (Wildman–Crippen LogP) is 3.35.